The summed E-state index contributed by atoms with van der Waals surface area (Å²) in [5.74, 6) is 2.11. The summed E-state index contributed by atoms with van der Waals surface area (Å²) in [5.41, 5.74) is 1.23. The van der Waals surface area contributed by atoms with Crippen LogP contribution in [0.4, 0.5) is 11.8 Å². The molecule has 0 bridgehead atoms. The van der Waals surface area contributed by atoms with Crippen LogP contribution in [0.15, 0.2) is 36.5 Å². The van der Waals surface area contributed by atoms with Crippen LogP contribution in [-0.2, 0) is 15.9 Å². The standard InChI is InChI=1S/C20H26N4O3/c1-25-17-4-2-3-16(15-17)5-9-21-18-6-10-22-19(23-18)24-11-7-20(8-12-24)26-13-14-27-20/h2-4,6,10,15H,5,7-9,11-14H2,1H3,(H,21,22,23). The molecule has 1 N–H and O–H groups in total. The molecule has 2 aliphatic rings. The van der Waals surface area contributed by atoms with Crippen molar-refractivity contribution in [3.63, 3.8) is 0 Å². The van der Waals surface area contributed by atoms with E-state index < -0.39 is 0 Å². The Morgan fingerprint density at radius 1 is 1.19 bits per heavy atom. The first-order valence-corrected chi connectivity index (χ1v) is 9.49. The Kier molecular flexibility index (Phi) is 5.40. The van der Waals surface area contributed by atoms with Gasteiger partial charge >= 0.3 is 0 Å². The molecule has 144 valence electrons. The van der Waals surface area contributed by atoms with Gasteiger partial charge in [-0.3, -0.25) is 0 Å². The number of aromatic nitrogens is 2. The van der Waals surface area contributed by atoms with E-state index in [-0.39, 0.29) is 5.79 Å². The van der Waals surface area contributed by atoms with E-state index in [0.717, 1.165) is 56.4 Å². The van der Waals surface area contributed by atoms with Gasteiger partial charge in [-0.15, -0.1) is 0 Å². The zero-order valence-corrected chi connectivity index (χ0v) is 15.7. The van der Waals surface area contributed by atoms with Gasteiger partial charge < -0.3 is 24.4 Å². The van der Waals surface area contributed by atoms with Gasteiger partial charge in [-0.05, 0) is 30.2 Å². The first-order valence-electron chi connectivity index (χ1n) is 9.49. The van der Waals surface area contributed by atoms with Crippen molar-refractivity contribution in [1.82, 2.24) is 9.97 Å². The molecule has 4 rings (SSSR count). The van der Waals surface area contributed by atoms with Crippen molar-refractivity contribution in [3.8, 4) is 5.75 Å². The number of benzene rings is 1. The molecular formula is C20H26N4O3. The molecule has 1 aromatic heterocycles. The van der Waals surface area contributed by atoms with Crippen LogP contribution in [0.3, 0.4) is 0 Å². The van der Waals surface area contributed by atoms with Crippen molar-refractivity contribution >= 4 is 11.8 Å². The van der Waals surface area contributed by atoms with E-state index >= 15 is 0 Å². The zero-order valence-electron chi connectivity index (χ0n) is 15.7. The number of ether oxygens (including phenoxy) is 3. The summed E-state index contributed by atoms with van der Waals surface area (Å²) in [6.45, 7) is 3.88. The van der Waals surface area contributed by atoms with Gasteiger partial charge in [0.2, 0.25) is 5.95 Å². The Bertz CT molecular complexity index is 754. The molecule has 0 saturated carbocycles. The quantitative estimate of drug-likeness (QED) is 0.838. The van der Waals surface area contributed by atoms with Gasteiger partial charge in [-0.25, -0.2) is 4.98 Å². The van der Waals surface area contributed by atoms with Gasteiger partial charge in [-0.1, -0.05) is 12.1 Å². The van der Waals surface area contributed by atoms with Gasteiger partial charge in [0.15, 0.2) is 5.79 Å². The highest BCUT2D eigenvalue weighted by atomic mass is 16.7. The Hall–Kier alpha value is -2.38. The fourth-order valence-electron chi connectivity index (χ4n) is 3.60. The van der Waals surface area contributed by atoms with E-state index in [1.54, 1.807) is 7.11 Å². The number of piperidine rings is 1. The predicted molar refractivity (Wildman–Crippen MR) is 103 cm³/mol. The molecule has 0 unspecified atom stereocenters. The van der Waals surface area contributed by atoms with Crippen LogP contribution in [-0.4, -0.2) is 55.7 Å². The smallest absolute Gasteiger partial charge is 0.227 e. The maximum atomic E-state index is 5.79. The summed E-state index contributed by atoms with van der Waals surface area (Å²) >= 11 is 0. The maximum absolute atomic E-state index is 5.79. The van der Waals surface area contributed by atoms with Gasteiger partial charge in [-0.2, -0.15) is 4.98 Å². The lowest BCUT2D eigenvalue weighted by atomic mass is 10.0. The Morgan fingerprint density at radius 3 is 2.78 bits per heavy atom. The zero-order chi connectivity index (χ0) is 18.5. The summed E-state index contributed by atoms with van der Waals surface area (Å²) < 4.78 is 16.9. The van der Waals surface area contributed by atoms with E-state index in [2.05, 4.69) is 32.3 Å². The van der Waals surface area contributed by atoms with Crippen LogP contribution >= 0.6 is 0 Å². The van der Waals surface area contributed by atoms with E-state index in [1.165, 1.54) is 5.56 Å². The molecule has 2 saturated heterocycles. The van der Waals surface area contributed by atoms with E-state index in [0.29, 0.717) is 13.2 Å². The SMILES string of the molecule is COc1cccc(CCNc2ccnc(N3CCC4(CC3)OCCO4)n2)c1. The van der Waals surface area contributed by atoms with Crippen LogP contribution in [0, 0.1) is 0 Å². The molecule has 0 amide bonds. The topological polar surface area (TPSA) is 68.7 Å². The van der Waals surface area contributed by atoms with Crippen molar-refractivity contribution in [2.24, 2.45) is 0 Å². The van der Waals surface area contributed by atoms with Gasteiger partial charge in [0.05, 0.1) is 20.3 Å². The number of methoxy groups -OCH3 is 1. The molecule has 3 heterocycles. The minimum atomic E-state index is -0.372. The summed E-state index contributed by atoms with van der Waals surface area (Å²) in [6, 6.07) is 10.0. The highest BCUT2D eigenvalue weighted by Gasteiger charge is 2.40. The molecule has 0 radical (unpaired) electrons. The Balaban J connectivity index is 1.31. The molecule has 1 aromatic carbocycles. The second kappa shape index (κ2) is 8.10. The molecule has 0 aliphatic carbocycles. The Labute approximate surface area is 159 Å². The van der Waals surface area contributed by atoms with Crippen LogP contribution < -0.4 is 15.0 Å². The normalized spacial score (nSPS) is 18.6. The fourth-order valence-corrected chi connectivity index (χ4v) is 3.60. The summed E-state index contributed by atoms with van der Waals surface area (Å²) in [6.07, 6.45) is 4.41. The lowest BCUT2D eigenvalue weighted by Crippen LogP contribution is -2.45. The van der Waals surface area contributed by atoms with Crippen molar-refractivity contribution < 1.29 is 14.2 Å². The van der Waals surface area contributed by atoms with Crippen molar-refractivity contribution in [2.45, 2.75) is 25.0 Å². The van der Waals surface area contributed by atoms with Gasteiger partial charge in [0, 0.05) is 38.7 Å². The van der Waals surface area contributed by atoms with Crippen LogP contribution in [0.25, 0.3) is 0 Å². The number of anilines is 2. The lowest BCUT2D eigenvalue weighted by Gasteiger charge is -2.37. The van der Waals surface area contributed by atoms with E-state index in [4.69, 9.17) is 14.2 Å². The third-order valence-corrected chi connectivity index (χ3v) is 5.12. The minimum Gasteiger partial charge on any atom is -0.497 e. The summed E-state index contributed by atoms with van der Waals surface area (Å²) in [7, 11) is 1.69. The van der Waals surface area contributed by atoms with Crippen molar-refractivity contribution in [2.75, 3.05) is 50.2 Å². The maximum Gasteiger partial charge on any atom is 0.227 e. The van der Waals surface area contributed by atoms with Crippen LogP contribution in [0.1, 0.15) is 18.4 Å². The lowest BCUT2D eigenvalue weighted by molar-refractivity contribution is -0.169. The fraction of sp³-hybridized carbons (Fsp3) is 0.500. The number of nitrogens with one attached hydrogen (secondary N) is 1. The highest BCUT2D eigenvalue weighted by molar-refractivity contribution is 5.42. The minimum absolute atomic E-state index is 0.372. The predicted octanol–water partition coefficient (Wildman–Crippen LogP) is 2.48. The third-order valence-electron chi connectivity index (χ3n) is 5.12. The average molecular weight is 370 g/mol. The number of nitrogens with zero attached hydrogens (tertiary/aromatic N) is 3. The molecule has 0 atom stereocenters. The molecule has 7 heteroatoms. The van der Waals surface area contributed by atoms with Crippen LogP contribution in [0.5, 0.6) is 5.75 Å². The molecule has 2 fully saturated rings. The largest absolute Gasteiger partial charge is 0.497 e. The molecule has 2 aliphatic heterocycles. The average Bonchev–Trinajstić information content (AvgIpc) is 3.17. The highest BCUT2D eigenvalue weighted by Crippen LogP contribution is 2.32. The second-order valence-corrected chi connectivity index (χ2v) is 6.86. The molecule has 1 spiro atoms. The monoisotopic (exact) mass is 370 g/mol. The van der Waals surface area contributed by atoms with Crippen molar-refractivity contribution in [3.05, 3.63) is 42.1 Å². The third kappa shape index (κ3) is 4.31. The molecule has 7 nitrogen and oxygen atoms in total. The van der Waals surface area contributed by atoms with E-state index in [1.807, 2.05) is 24.4 Å². The van der Waals surface area contributed by atoms with Gasteiger partial charge in [0.25, 0.3) is 0 Å². The summed E-state index contributed by atoms with van der Waals surface area (Å²) in [5, 5.41) is 3.39. The number of rotatable bonds is 6. The first-order chi connectivity index (χ1) is 13.3. The second-order valence-electron chi connectivity index (χ2n) is 6.86. The van der Waals surface area contributed by atoms with Crippen molar-refractivity contribution in [1.29, 1.82) is 0 Å². The molecule has 27 heavy (non-hydrogen) atoms. The number of hydrogen-bond acceptors (Lipinski definition) is 7. The van der Waals surface area contributed by atoms with E-state index in [9.17, 15) is 0 Å². The van der Waals surface area contributed by atoms with Crippen LogP contribution in [0.2, 0.25) is 0 Å². The van der Waals surface area contributed by atoms with Gasteiger partial charge in [0.1, 0.15) is 11.6 Å². The molecule has 2 aromatic rings. The molecular weight excluding hydrogens is 344 g/mol. The first kappa shape index (κ1) is 18.0. The summed E-state index contributed by atoms with van der Waals surface area (Å²) in [4.78, 5) is 11.3. The Morgan fingerprint density at radius 2 is 2.00 bits per heavy atom. The number of hydrogen-bond donors (Lipinski definition) is 1.